The predicted octanol–water partition coefficient (Wildman–Crippen LogP) is 1.50. The average molecular weight is 602 g/mol. The van der Waals surface area contributed by atoms with E-state index < -0.39 is 57.2 Å². The van der Waals surface area contributed by atoms with Gasteiger partial charge < -0.3 is 19.3 Å². The number of thioether (sulfide) groups is 2. The van der Waals surface area contributed by atoms with Crippen molar-refractivity contribution in [3.8, 4) is 0 Å². The Morgan fingerprint density at radius 3 is 2.44 bits per heavy atom. The van der Waals surface area contributed by atoms with Crippen molar-refractivity contribution in [2.24, 2.45) is 4.40 Å². The number of amidine groups is 1. The van der Waals surface area contributed by atoms with E-state index in [2.05, 4.69) is 9.71 Å². The second-order valence-electron chi connectivity index (χ2n) is 8.14. The molecule has 13 nitrogen and oxygen atoms in total. The molecule has 1 aromatic carbocycles. The van der Waals surface area contributed by atoms with Crippen molar-refractivity contribution in [3.63, 3.8) is 0 Å². The van der Waals surface area contributed by atoms with Crippen molar-refractivity contribution in [1.29, 1.82) is 0 Å². The molecule has 0 bridgehead atoms. The fraction of sp³-hybridized carbons (Fsp3) is 0.435. The van der Waals surface area contributed by atoms with Crippen LogP contribution in [0.5, 0.6) is 0 Å². The summed E-state index contributed by atoms with van der Waals surface area (Å²) in [5.41, 5.74) is -2.14. The first-order valence-electron chi connectivity index (χ1n) is 11.5. The number of aliphatic hydroxyl groups is 1. The summed E-state index contributed by atoms with van der Waals surface area (Å²) in [5, 5.41) is 12.6. The van der Waals surface area contributed by atoms with Gasteiger partial charge in [-0.2, -0.15) is 8.42 Å². The minimum absolute atomic E-state index is 0.0334. The van der Waals surface area contributed by atoms with Gasteiger partial charge in [0.25, 0.3) is 15.7 Å². The highest BCUT2D eigenvalue weighted by atomic mass is 32.2. The number of benzene rings is 1. The first-order chi connectivity index (χ1) is 18.4. The van der Waals surface area contributed by atoms with Gasteiger partial charge in [0, 0.05) is 5.75 Å². The van der Waals surface area contributed by atoms with Crippen molar-refractivity contribution in [1.82, 2.24) is 10.2 Å². The third-order valence-electron chi connectivity index (χ3n) is 5.55. The molecule has 0 radical (unpaired) electrons. The van der Waals surface area contributed by atoms with Crippen molar-refractivity contribution in [3.05, 3.63) is 39.8 Å². The minimum atomic E-state index is -4.35. The van der Waals surface area contributed by atoms with Crippen LogP contribution in [0.25, 0.3) is 0 Å². The average Bonchev–Trinajstić information content (AvgIpc) is 3.21. The Kier molecular flexibility index (Phi) is 9.69. The molecule has 39 heavy (non-hydrogen) atoms. The number of methoxy groups -OCH3 is 2. The molecule has 1 saturated heterocycles. The molecule has 2 aliphatic rings. The van der Waals surface area contributed by atoms with Crippen molar-refractivity contribution in [2.75, 3.05) is 26.6 Å². The topological polar surface area (TPSA) is 178 Å². The van der Waals surface area contributed by atoms with Gasteiger partial charge in [0.2, 0.25) is 0 Å². The summed E-state index contributed by atoms with van der Waals surface area (Å²) in [4.78, 5) is 50.6. The van der Waals surface area contributed by atoms with Crippen LogP contribution in [-0.2, 0) is 38.6 Å². The number of nitrogens with one attached hydrogen (secondary N) is 1. The van der Waals surface area contributed by atoms with Gasteiger partial charge in [-0.1, -0.05) is 17.7 Å². The lowest BCUT2D eigenvalue weighted by Gasteiger charge is -2.42. The summed E-state index contributed by atoms with van der Waals surface area (Å²) >= 11 is 1.86. The van der Waals surface area contributed by atoms with E-state index in [0.29, 0.717) is 4.90 Å². The van der Waals surface area contributed by atoms with Crippen LogP contribution in [0.2, 0.25) is 0 Å². The lowest BCUT2D eigenvalue weighted by Crippen LogP contribution is -2.63. The molecule has 2 aliphatic heterocycles. The van der Waals surface area contributed by atoms with Gasteiger partial charge in [-0.15, -0.1) is 27.9 Å². The number of sulfonamides is 1. The van der Waals surface area contributed by atoms with Crippen LogP contribution in [0.15, 0.2) is 43.5 Å². The van der Waals surface area contributed by atoms with Crippen LogP contribution in [0.3, 0.4) is 0 Å². The van der Waals surface area contributed by atoms with E-state index in [4.69, 9.17) is 14.2 Å². The van der Waals surface area contributed by atoms with E-state index in [1.54, 1.807) is 26.0 Å². The van der Waals surface area contributed by atoms with Crippen molar-refractivity contribution < 1.29 is 46.9 Å². The molecular weight excluding hydrogens is 574 g/mol. The van der Waals surface area contributed by atoms with Gasteiger partial charge >= 0.3 is 23.9 Å². The first-order valence-corrected chi connectivity index (χ1v) is 14.8. The van der Waals surface area contributed by atoms with Crippen LogP contribution in [0, 0.1) is 6.92 Å². The Morgan fingerprint density at radius 1 is 1.18 bits per heavy atom. The Labute approximate surface area is 233 Å². The minimum Gasteiger partial charge on any atom is -0.469 e. The normalized spacial score (nSPS) is 21.9. The number of carbonyl (C=O) groups excluding carboxylic acids is 4. The highest BCUT2D eigenvalue weighted by Gasteiger charge is 2.61. The van der Waals surface area contributed by atoms with Crippen LogP contribution >= 0.6 is 23.5 Å². The van der Waals surface area contributed by atoms with Gasteiger partial charge in [0.1, 0.15) is 5.70 Å². The second-order valence-corrected chi connectivity index (χ2v) is 12.3. The maximum atomic E-state index is 13.2. The molecule has 2 heterocycles. The molecule has 2 amide bonds. The molecule has 212 valence electrons. The number of esters is 3. The predicted molar refractivity (Wildman–Crippen MR) is 142 cm³/mol. The van der Waals surface area contributed by atoms with Gasteiger partial charge in [0.15, 0.2) is 5.84 Å². The molecule has 2 N–H and O–H groups in total. The van der Waals surface area contributed by atoms with E-state index in [1.807, 2.05) is 0 Å². The SMILES string of the molecule is CCOC(=O)CCSC1=C2C(=NS(=O)(=O)c3ccc(C)cc3)NC(=O)N2C(O)(C(=O)OC)C(CC(=O)OC)S1. The maximum absolute atomic E-state index is 13.2. The first kappa shape index (κ1) is 30.5. The van der Waals surface area contributed by atoms with E-state index >= 15 is 0 Å². The molecule has 1 aromatic rings. The van der Waals surface area contributed by atoms with Crippen LogP contribution in [0.4, 0.5) is 4.79 Å². The number of fused-ring (bicyclic) bond motifs is 1. The summed E-state index contributed by atoms with van der Waals surface area (Å²) in [5.74, 6) is -2.86. The summed E-state index contributed by atoms with van der Waals surface area (Å²) in [6, 6.07) is 4.77. The molecular formula is C23H27N3O10S3. The quantitative estimate of drug-likeness (QED) is 0.292. The Morgan fingerprint density at radius 2 is 1.85 bits per heavy atom. The number of hydrogen-bond donors (Lipinski definition) is 2. The zero-order valence-corrected chi connectivity index (χ0v) is 23.9. The molecule has 3 rings (SSSR count). The Hall–Kier alpha value is -3.08. The largest absolute Gasteiger partial charge is 0.469 e. The number of hydrogen-bond acceptors (Lipinski definition) is 12. The molecule has 0 spiro atoms. The zero-order valence-electron chi connectivity index (χ0n) is 21.5. The second kappa shape index (κ2) is 12.4. The van der Waals surface area contributed by atoms with Crippen LogP contribution in [0.1, 0.15) is 25.3 Å². The number of ether oxygens (including phenoxy) is 3. The van der Waals surface area contributed by atoms with E-state index in [0.717, 1.165) is 43.3 Å². The Bertz CT molecular complexity index is 1330. The van der Waals surface area contributed by atoms with E-state index in [1.165, 1.54) is 12.1 Å². The highest BCUT2D eigenvalue weighted by molar-refractivity contribution is 8.22. The fourth-order valence-corrected chi connectivity index (χ4v) is 7.40. The maximum Gasteiger partial charge on any atom is 0.361 e. The lowest BCUT2D eigenvalue weighted by molar-refractivity contribution is -0.177. The summed E-state index contributed by atoms with van der Waals surface area (Å²) in [6.07, 6.45) is -0.547. The lowest BCUT2D eigenvalue weighted by atomic mass is 10.0. The number of amides is 2. The fourth-order valence-electron chi connectivity index (χ4n) is 3.65. The number of carbonyl (C=O) groups is 4. The molecule has 0 aliphatic carbocycles. The standard InChI is InChI=1S/C23H27N3O10S3/c1-5-36-16(27)10-11-37-20-18-19(25-39(32,33)14-8-6-13(2)7-9-14)24-22(30)26(18)23(31,21(29)35-4)15(38-20)12-17(28)34-3/h6-9,15,31H,5,10-12H2,1-4H3,(H,24,25,30). The molecule has 16 heteroatoms. The number of rotatable bonds is 10. The van der Waals surface area contributed by atoms with Gasteiger partial charge in [-0.25, -0.2) is 14.5 Å². The molecule has 1 fully saturated rings. The summed E-state index contributed by atoms with van der Waals surface area (Å²) in [7, 11) is -2.25. The monoisotopic (exact) mass is 601 g/mol. The third-order valence-corrected chi connectivity index (χ3v) is 9.53. The zero-order chi connectivity index (χ0) is 29.0. The van der Waals surface area contributed by atoms with Crippen LogP contribution < -0.4 is 5.32 Å². The Balaban J connectivity index is 2.16. The molecule has 0 aromatic heterocycles. The van der Waals surface area contributed by atoms with Crippen LogP contribution in [-0.4, -0.2) is 85.8 Å². The molecule has 0 saturated carbocycles. The third kappa shape index (κ3) is 6.40. The number of nitrogens with zero attached hydrogens (tertiary/aromatic N) is 2. The van der Waals surface area contributed by atoms with Gasteiger partial charge in [-0.05, 0) is 26.0 Å². The van der Waals surface area contributed by atoms with Gasteiger partial charge in [0.05, 0.1) is 48.1 Å². The molecule has 2 atom stereocenters. The van der Waals surface area contributed by atoms with E-state index in [-0.39, 0.29) is 33.6 Å². The summed E-state index contributed by atoms with van der Waals surface area (Å²) < 4.78 is 44.6. The van der Waals surface area contributed by atoms with Crippen molar-refractivity contribution in [2.45, 2.75) is 42.6 Å². The van der Waals surface area contributed by atoms with Gasteiger partial charge in [-0.3, -0.25) is 14.9 Å². The number of aryl methyl sites for hydroxylation is 1. The highest BCUT2D eigenvalue weighted by Crippen LogP contribution is 2.50. The smallest absolute Gasteiger partial charge is 0.361 e. The van der Waals surface area contributed by atoms with Crippen molar-refractivity contribution >= 4 is 63.3 Å². The van der Waals surface area contributed by atoms with E-state index in [9.17, 15) is 32.7 Å². The summed E-state index contributed by atoms with van der Waals surface area (Å²) in [6.45, 7) is 3.61. The number of urea groups is 1. The molecule has 2 unspecified atom stereocenters.